The van der Waals surface area contributed by atoms with Crippen molar-refractivity contribution in [2.75, 3.05) is 39.3 Å². The fourth-order valence-electron chi connectivity index (χ4n) is 2.30. The molecule has 22 heavy (non-hydrogen) atoms. The van der Waals surface area contributed by atoms with Gasteiger partial charge in [0, 0.05) is 45.1 Å². The Kier molecular flexibility index (Phi) is 5.87. The summed E-state index contributed by atoms with van der Waals surface area (Å²) in [5.74, 6) is -0.00887. The number of amides is 1. The van der Waals surface area contributed by atoms with E-state index in [0.29, 0.717) is 39.3 Å². The fraction of sp³-hybridized carbons (Fsp3) is 0.571. The van der Waals surface area contributed by atoms with Gasteiger partial charge in [-0.1, -0.05) is 6.92 Å². The van der Waals surface area contributed by atoms with Crippen LogP contribution in [0.3, 0.4) is 0 Å². The molecule has 0 unspecified atom stereocenters. The maximum Gasteiger partial charge on any atom is 0.244 e. The Morgan fingerprint density at radius 1 is 1.32 bits per heavy atom. The third-order valence-corrected chi connectivity index (χ3v) is 5.43. The van der Waals surface area contributed by atoms with E-state index in [1.165, 1.54) is 10.5 Å². The van der Waals surface area contributed by atoms with Crippen molar-refractivity contribution >= 4 is 15.9 Å². The van der Waals surface area contributed by atoms with Gasteiger partial charge in [-0.05, 0) is 18.6 Å². The number of nitrogens with one attached hydrogen (secondary N) is 1. The van der Waals surface area contributed by atoms with Gasteiger partial charge in [-0.2, -0.15) is 4.31 Å². The van der Waals surface area contributed by atoms with Crippen molar-refractivity contribution in [3.63, 3.8) is 0 Å². The van der Waals surface area contributed by atoms with E-state index in [1.807, 2.05) is 11.8 Å². The predicted molar refractivity (Wildman–Crippen MR) is 82.7 cm³/mol. The second-order valence-electron chi connectivity index (χ2n) is 5.22. The van der Waals surface area contributed by atoms with Gasteiger partial charge >= 0.3 is 0 Å². The number of pyridine rings is 1. The molecule has 1 N–H and O–H groups in total. The highest BCUT2D eigenvalue weighted by atomic mass is 32.2. The zero-order valence-corrected chi connectivity index (χ0v) is 13.6. The molecule has 0 radical (unpaired) electrons. The summed E-state index contributed by atoms with van der Waals surface area (Å²) >= 11 is 0. The minimum atomic E-state index is -3.48. The van der Waals surface area contributed by atoms with Gasteiger partial charge in [0.15, 0.2) is 0 Å². The Bertz CT molecular complexity index is 583. The van der Waals surface area contributed by atoms with E-state index in [0.717, 1.165) is 6.42 Å². The monoisotopic (exact) mass is 326 g/mol. The second kappa shape index (κ2) is 7.66. The number of carbonyl (C=O) groups is 1. The molecular formula is C14H22N4O3S. The lowest BCUT2D eigenvalue weighted by atomic mass is 10.3. The van der Waals surface area contributed by atoms with Crippen LogP contribution in [-0.4, -0.2) is 67.8 Å². The topological polar surface area (TPSA) is 82.6 Å². The first-order chi connectivity index (χ1) is 10.5. The van der Waals surface area contributed by atoms with Gasteiger partial charge in [0.1, 0.15) is 4.90 Å². The molecule has 8 heteroatoms. The quantitative estimate of drug-likeness (QED) is 0.790. The Balaban J connectivity index is 1.88. The molecule has 2 heterocycles. The summed E-state index contributed by atoms with van der Waals surface area (Å²) in [5, 5.41) is 2.83. The Hall–Kier alpha value is -1.51. The highest BCUT2D eigenvalue weighted by Crippen LogP contribution is 2.16. The standard InChI is InChI=1S/C14H22N4O3S/c1-2-5-16-14(19)12-17-7-9-18(10-8-17)22(20,21)13-4-3-6-15-11-13/h3-4,6,11H,2,5,7-10,12H2,1H3,(H,16,19). The molecule has 7 nitrogen and oxygen atoms in total. The molecule has 0 spiro atoms. The number of sulfonamides is 1. The first-order valence-electron chi connectivity index (χ1n) is 7.43. The van der Waals surface area contributed by atoms with Crippen molar-refractivity contribution in [1.82, 2.24) is 19.5 Å². The lowest BCUT2D eigenvalue weighted by molar-refractivity contribution is -0.122. The van der Waals surface area contributed by atoms with Crippen molar-refractivity contribution in [3.05, 3.63) is 24.5 Å². The Morgan fingerprint density at radius 2 is 2.05 bits per heavy atom. The highest BCUT2D eigenvalue weighted by Gasteiger charge is 2.29. The summed E-state index contributed by atoms with van der Waals surface area (Å²) in [5.41, 5.74) is 0. The molecule has 2 rings (SSSR count). The van der Waals surface area contributed by atoms with Gasteiger partial charge in [-0.15, -0.1) is 0 Å². The van der Waals surface area contributed by atoms with Crippen LogP contribution in [0.4, 0.5) is 0 Å². The van der Waals surface area contributed by atoms with Gasteiger partial charge < -0.3 is 5.32 Å². The molecule has 0 aromatic carbocycles. The van der Waals surface area contributed by atoms with E-state index in [-0.39, 0.29) is 10.8 Å². The van der Waals surface area contributed by atoms with Gasteiger partial charge in [0.25, 0.3) is 0 Å². The van der Waals surface area contributed by atoms with Crippen LogP contribution in [0.2, 0.25) is 0 Å². The number of piperazine rings is 1. The number of carbonyl (C=O) groups excluding carboxylic acids is 1. The molecule has 1 fully saturated rings. The van der Waals surface area contributed by atoms with Gasteiger partial charge in [0.2, 0.25) is 15.9 Å². The minimum Gasteiger partial charge on any atom is -0.355 e. The molecule has 1 aromatic rings. The number of rotatable bonds is 6. The molecule has 1 amide bonds. The van der Waals surface area contributed by atoms with E-state index in [2.05, 4.69) is 10.3 Å². The van der Waals surface area contributed by atoms with E-state index >= 15 is 0 Å². The van der Waals surface area contributed by atoms with Crippen LogP contribution in [0.25, 0.3) is 0 Å². The van der Waals surface area contributed by atoms with Crippen molar-refractivity contribution in [2.45, 2.75) is 18.2 Å². The summed E-state index contributed by atoms with van der Waals surface area (Å²) in [7, 11) is -3.48. The third-order valence-electron chi connectivity index (χ3n) is 3.54. The van der Waals surface area contributed by atoms with Gasteiger partial charge in [-0.3, -0.25) is 14.7 Å². The molecule has 1 aliphatic heterocycles. The van der Waals surface area contributed by atoms with Gasteiger partial charge in [-0.25, -0.2) is 8.42 Å². The van der Waals surface area contributed by atoms with Gasteiger partial charge in [0.05, 0.1) is 6.54 Å². The number of hydrogen-bond acceptors (Lipinski definition) is 5. The summed E-state index contributed by atoms with van der Waals surface area (Å²) in [6.07, 6.45) is 3.81. The summed E-state index contributed by atoms with van der Waals surface area (Å²) in [6.45, 7) is 4.88. The van der Waals surface area contributed by atoms with Crippen molar-refractivity contribution < 1.29 is 13.2 Å². The van der Waals surface area contributed by atoms with Crippen LogP contribution in [0.15, 0.2) is 29.4 Å². The van der Waals surface area contributed by atoms with E-state index in [9.17, 15) is 13.2 Å². The number of aromatic nitrogens is 1. The first kappa shape index (κ1) is 16.9. The average molecular weight is 326 g/mol. The minimum absolute atomic E-state index is 0.00887. The Labute approximate surface area is 131 Å². The maximum absolute atomic E-state index is 12.4. The lowest BCUT2D eigenvalue weighted by Crippen LogP contribution is -2.51. The predicted octanol–water partition coefficient (Wildman–Crippen LogP) is -0.0859. The SMILES string of the molecule is CCCNC(=O)CN1CCN(S(=O)(=O)c2cccnc2)CC1. The number of nitrogens with zero attached hydrogens (tertiary/aromatic N) is 3. The lowest BCUT2D eigenvalue weighted by Gasteiger charge is -2.33. The molecular weight excluding hydrogens is 304 g/mol. The molecule has 1 aliphatic rings. The summed E-state index contributed by atoms with van der Waals surface area (Å²) < 4.78 is 26.3. The number of hydrogen-bond donors (Lipinski definition) is 1. The first-order valence-corrected chi connectivity index (χ1v) is 8.87. The molecule has 122 valence electrons. The summed E-state index contributed by atoms with van der Waals surface area (Å²) in [6, 6.07) is 3.16. The van der Waals surface area contributed by atoms with Crippen molar-refractivity contribution in [3.8, 4) is 0 Å². The smallest absolute Gasteiger partial charge is 0.244 e. The molecule has 0 bridgehead atoms. The second-order valence-corrected chi connectivity index (χ2v) is 7.16. The molecule has 0 atom stereocenters. The van der Waals surface area contributed by atoms with Crippen LogP contribution in [0.1, 0.15) is 13.3 Å². The van der Waals surface area contributed by atoms with Crippen molar-refractivity contribution in [1.29, 1.82) is 0 Å². The zero-order valence-electron chi connectivity index (χ0n) is 12.7. The fourth-order valence-corrected chi connectivity index (χ4v) is 3.69. The zero-order chi connectivity index (χ0) is 16.0. The van der Waals surface area contributed by atoms with Crippen LogP contribution in [0, 0.1) is 0 Å². The van der Waals surface area contributed by atoms with Crippen LogP contribution >= 0.6 is 0 Å². The maximum atomic E-state index is 12.4. The molecule has 0 saturated carbocycles. The van der Waals surface area contributed by atoms with E-state index in [4.69, 9.17) is 0 Å². The van der Waals surface area contributed by atoms with Crippen LogP contribution in [-0.2, 0) is 14.8 Å². The Morgan fingerprint density at radius 3 is 2.64 bits per heavy atom. The van der Waals surface area contributed by atoms with E-state index in [1.54, 1.807) is 18.3 Å². The third kappa shape index (κ3) is 4.25. The van der Waals surface area contributed by atoms with Crippen molar-refractivity contribution in [2.24, 2.45) is 0 Å². The average Bonchev–Trinajstić information content (AvgIpc) is 2.54. The van der Waals surface area contributed by atoms with Crippen LogP contribution < -0.4 is 5.32 Å². The van der Waals surface area contributed by atoms with E-state index < -0.39 is 10.0 Å². The highest BCUT2D eigenvalue weighted by molar-refractivity contribution is 7.89. The van der Waals surface area contributed by atoms with Crippen LogP contribution in [0.5, 0.6) is 0 Å². The summed E-state index contributed by atoms with van der Waals surface area (Å²) in [4.78, 5) is 17.7. The molecule has 1 saturated heterocycles. The largest absolute Gasteiger partial charge is 0.355 e. The molecule has 1 aromatic heterocycles. The normalized spacial score (nSPS) is 17.3. The molecule has 0 aliphatic carbocycles.